The molecule has 270 valence electrons. The van der Waals surface area contributed by atoms with Crippen LogP contribution in [0.1, 0.15) is 25.7 Å². The quantitative estimate of drug-likeness (QED) is 0.0517. The lowest BCUT2D eigenvalue weighted by Crippen LogP contribution is -2.33. The number of carboxylic acids is 1. The minimum atomic E-state index is -1.56. The van der Waals surface area contributed by atoms with Crippen LogP contribution in [0, 0.1) is 0 Å². The Labute approximate surface area is 271 Å². The summed E-state index contributed by atoms with van der Waals surface area (Å²) in [7, 11) is 0. The largest absolute Gasteiger partial charge is 0.476 e. The molecule has 0 atom stereocenters. The van der Waals surface area contributed by atoms with Gasteiger partial charge in [-0.1, -0.05) is 0 Å². The van der Waals surface area contributed by atoms with Gasteiger partial charge in [0.05, 0.1) is 138 Å². The van der Waals surface area contributed by atoms with E-state index in [9.17, 15) is 14.4 Å². The van der Waals surface area contributed by atoms with Crippen molar-refractivity contribution in [3.63, 3.8) is 0 Å². The van der Waals surface area contributed by atoms with Crippen molar-refractivity contribution in [1.82, 2.24) is 5.32 Å². The van der Waals surface area contributed by atoms with E-state index in [1.807, 2.05) is 0 Å². The molecular weight excluding hydrogens is 614 g/mol. The van der Waals surface area contributed by atoms with E-state index >= 15 is 0 Å². The normalized spacial score (nSPS) is 13.7. The lowest BCUT2D eigenvalue weighted by molar-refractivity contribution is -0.151. The molecule has 0 unspecified atom stereocenters. The van der Waals surface area contributed by atoms with Crippen LogP contribution in [0.4, 0.5) is 0 Å². The van der Waals surface area contributed by atoms with Crippen molar-refractivity contribution in [3.8, 4) is 0 Å². The van der Waals surface area contributed by atoms with Gasteiger partial charge in [-0.05, 0) is 25.9 Å². The van der Waals surface area contributed by atoms with Gasteiger partial charge in [0.15, 0.2) is 0 Å². The van der Waals surface area contributed by atoms with Crippen LogP contribution in [0.5, 0.6) is 0 Å². The third kappa shape index (κ3) is 29.6. The summed E-state index contributed by atoms with van der Waals surface area (Å²) in [6, 6.07) is 0. The van der Waals surface area contributed by atoms with Gasteiger partial charge in [0.2, 0.25) is 5.78 Å². The first-order chi connectivity index (χ1) is 22.6. The molecule has 1 fully saturated rings. The molecule has 0 aliphatic carbocycles. The van der Waals surface area contributed by atoms with Gasteiger partial charge >= 0.3 is 11.9 Å². The first-order valence-corrected chi connectivity index (χ1v) is 16.0. The number of hydrogen-bond donors (Lipinski definition) is 2. The number of carboxylic acid groups (broad SMARTS) is 1. The van der Waals surface area contributed by atoms with Gasteiger partial charge in [-0.25, -0.2) is 4.79 Å². The molecule has 1 aliphatic heterocycles. The first kappa shape index (κ1) is 42.2. The number of carbonyl (C=O) groups excluding carboxylic acids is 2. The van der Waals surface area contributed by atoms with Crippen LogP contribution in [0.3, 0.4) is 0 Å². The van der Waals surface area contributed by atoms with Crippen LogP contribution < -0.4 is 5.32 Å². The van der Waals surface area contributed by atoms with Gasteiger partial charge in [0.25, 0.3) is 0 Å². The summed E-state index contributed by atoms with van der Waals surface area (Å²) in [5, 5.41) is 11.8. The molecule has 1 rings (SSSR count). The van der Waals surface area contributed by atoms with Crippen LogP contribution in [0.15, 0.2) is 0 Å². The van der Waals surface area contributed by atoms with Crippen molar-refractivity contribution in [3.05, 3.63) is 0 Å². The number of piperidine rings is 1. The second kappa shape index (κ2) is 33.1. The molecular formula is C30H55NO15. The molecule has 0 spiro atoms. The van der Waals surface area contributed by atoms with Crippen molar-refractivity contribution in [2.75, 3.05) is 145 Å². The second-order valence-corrected chi connectivity index (χ2v) is 9.78. The summed E-state index contributed by atoms with van der Waals surface area (Å²) in [5.74, 6) is -3.23. The average molecular weight is 670 g/mol. The number of hydrogen-bond acceptors (Lipinski definition) is 15. The molecule has 2 N–H and O–H groups in total. The molecule has 1 aliphatic rings. The van der Waals surface area contributed by atoms with E-state index in [1.165, 1.54) is 0 Å². The van der Waals surface area contributed by atoms with Crippen molar-refractivity contribution in [2.24, 2.45) is 0 Å². The number of rotatable bonds is 35. The number of aliphatic carboxylic acids is 1. The fraction of sp³-hybridized carbons (Fsp3) is 0.900. The number of nitrogens with one attached hydrogen (secondary N) is 1. The number of carbonyl (C=O) groups is 3. The molecule has 0 bridgehead atoms. The summed E-state index contributed by atoms with van der Waals surface area (Å²) < 4.78 is 59.5. The highest BCUT2D eigenvalue weighted by atomic mass is 16.6. The Kier molecular flexibility index (Phi) is 30.3. The van der Waals surface area contributed by atoms with Gasteiger partial charge in [0.1, 0.15) is 6.61 Å². The zero-order chi connectivity index (χ0) is 33.2. The summed E-state index contributed by atoms with van der Waals surface area (Å²) >= 11 is 0. The third-order valence-corrected chi connectivity index (χ3v) is 6.13. The second-order valence-electron chi connectivity index (χ2n) is 9.78. The predicted octanol–water partition coefficient (Wildman–Crippen LogP) is -0.118. The van der Waals surface area contributed by atoms with Gasteiger partial charge in [-0.3, -0.25) is 9.59 Å². The molecule has 0 aromatic carbocycles. The van der Waals surface area contributed by atoms with E-state index in [4.69, 9.17) is 57.2 Å². The summed E-state index contributed by atoms with van der Waals surface area (Å²) in [6.07, 6.45) is 1.84. The van der Waals surface area contributed by atoms with Crippen LogP contribution >= 0.6 is 0 Å². The molecule has 16 nitrogen and oxygen atoms in total. The number of Topliss-reactive ketones (excluding diaryl/α,β-unsaturated/α-hetero) is 1. The molecule has 16 heteroatoms. The fourth-order valence-corrected chi connectivity index (χ4v) is 3.71. The van der Waals surface area contributed by atoms with E-state index in [2.05, 4.69) is 5.32 Å². The lowest BCUT2D eigenvalue weighted by atomic mass is 10.1. The Bertz CT molecular complexity index is 724. The maximum Gasteiger partial charge on any atom is 0.372 e. The standard InChI is InChI=1S/C30H55NO15/c32-28(30(34)35)1-2-29(33)46-26-24-44-22-20-42-18-16-40-14-12-38-10-8-36-7-9-37-11-13-39-15-17-41-19-21-43-23-25-45-27-3-5-31-6-4-27/h27,31H,1-26H2,(H,34,35). The third-order valence-electron chi connectivity index (χ3n) is 6.13. The van der Waals surface area contributed by atoms with Crippen LogP contribution in [-0.4, -0.2) is 174 Å². The highest BCUT2D eigenvalue weighted by Crippen LogP contribution is 2.06. The highest BCUT2D eigenvalue weighted by molar-refractivity contribution is 6.32. The van der Waals surface area contributed by atoms with Crippen molar-refractivity contribution >= 4 is 17.7 Å². The summed E-state index contributed by atoms with van der Waals surface area (Å²) in [5.41, 5.74) is 0. The van der Waals surface area contributed by atoms with Crippen LogP contribution in [0.2, 0.25) is 0 Å². The summed E-state index contributed by atoms with van der Waals surface area (Å²) in [6.45, 7) is 10.9. The predicted molar refractivity (Wildman–Crippen MR) is 162 cm³/mol. The minimum absolute atomic E-state index is 0.0161. The average Bonchev–Trinajstić information content (AvgIpc) is 3.06. The Morgan fingerprint density at radius 2 is 0.804 bits per heavy atom. The first-order valence-electron chi connectivity index (χ1n) is 16.0. The monoisotopic (exact) mass is 669 g/mol. The van der Waals surface area contributed by atoms with Crippen molar-refractivity contribution in [1.29, 1.82) is 0 Å². The van der Waals surface area contributed by atoms with Crippen molar-refractivity contribution in [2.45, 2.75) is 31.8 Å². The topological polar surface area (TPSA) is 185 Å². The SMILES string of the molecule is O=C(CCC(=O)C(=O)O)OCCOCCOCCOCCOCCOCCOCCOCCOCCOCCOC1CCNCC1. The fourth-order valence-electron chi connectivity index (χ4n) is 3.71. The van der Waals surface area contributed by atoms with E-state index in [0.29, 0.717) is 125 Å². The van der Waals surface area contributed by atoms with Crippen LogP contribution in [0.25, 0.3) is 0 Å². The number of esters is 1. The minimum Gasteiger partial charge on any atom is -0.476 e. The van der Waals surface area contributed by atoms with Gasteiger partial charge in [-0.2, -0.15) is 0 Å². The lowest BCUT2D eigenvalue weighted by Gasteiger charge is -2.22. The molecule has 1 heterocycles. The highest BCUT2D eigenvalue weighted by Gasteiger charge is 2.14. The number of ether oxygens (including phenoxy) is 11. The Balaban J connectivity index is 1.64. The molecule has 46 heavy (non-hydrogen) atoms. The molecule has 0 aromatic rings. The van der Waals surface area contributed by atoms with E-state index in [1.54, 1.807) is 0 Å². The Morgan fingerprint density at radius 1 is 0.478 bits per heavy atom. The zero-order valence-electron chi connectivity index (χ0n) is 27.1. The van der Waals surface area contributed by atoms with E-state index in [0.717, 1.165) is 25.9 Å². The molecule has 0 amide bonds. The van der Waals surface area contributed by atoms with Gasteiger partial charge in [-0.15, -0.1) is 0 Å². The van der Waals surface area contributed by atoms with E-state index < -0.39 is 17.7 Å². The molecule has 1 saturated heterocycles. The van der Waals surface area contributed by atoms with Crippen LogP contribution in [-0.2, 0) is 66.5 Å². The maximum absolute atomic E-state index is 11.4. The Morgan fingerprint density at radius 3 is 1.15 bits per heavy atom. The number of ketones is 1. The van der Waals surface area contributed by atoms with Crippen molar-refractivity contribution < 1.29 is 71.6 Å². The molecule has 0 aromatic heterocycles. The molecule has 0 saturated carbocycles. The molecule has 0 radical (unpaired) electrons. The maximum atomic E-state index is 11.4. The smallest absolute Gasteiger partial charge is 0.372 e. The van der Waals surface area contributed by atoms with Gasteiger partial charge < -0.3 is 62.5 Å². The zero-order valence-corrected chi connectivity index (χ0v) is 27.1. The Hall–Kier alpha value is -1.83. The summed E-state index contributed by atoms with van der Waals surface area (Å²) in [4.78, 5) is 32.6. The van der Waals surface area contributed by atoms with Gasteiger partial charge in [0, 0.05) is 6.42 Å². The van der Waals surface area contributed by atoms with E-state index in [-0.39, 0.29) is 26.1 Å².